The van der Waals surface area contributed by atoms with Crippen LogP contribution in [-0.4, -0.2) is 21.7 Å². The molecule has 0 atom stereocenters. The van der Waals surface area contributed by atoms with Gasteiger partial charge in [-0.15, -0.1) is 0 Å². The van der Waals surface area contributed by atoms with Gasteiger partial charge in [-0.25, -0.2) is 0 Å². The predicted molar refractivity (Wildman–Crippen MR) is 73.6 cm³/mol. The van der Waals surface area contributed by atoms with Crippen LogP contribution in [0.2, 0.25) is 0 Å². The second-order valence-electron chi connectivity index (χ2n) is 4.81. The first-order valence-electron chi connectivity index (χ1n) is 6.29. The number of ether oxygens (including phenoxy) is 1. The maximum atomic E-state index is 12.3. The molecule has 19 heavy (non-hydrogen) atoms. The van der Waals surface area contributed by atoms with E-state index in [2.05, 4.69) is 5.10 Å². The van der Waals surface area contributed by atoms with Gasteiger partial charge in [-0.1, -0.05) is 0 Å². The van der Waals surface area contributed by atoms with E-state index >= 15 is 0 Å². The Morgan fingerprint density at radius 2 is 1.89 bits per heavy atom. The van der Waals surface area contributed by atoms with Gasteiger partial charge in [0.25, 0.3) is 0 Å². The van der Waals surface area contributed by atoms with Crippen molar-refractivity contribution in [3.63, 3.8) is 0 Å². The van der Waals surface area contributed by atoms with E-state index in [1.807, 2.05) is 32.9 Å². The molecule has 1 heterocycles. The molecule has 0 aliphatic heterocycles. The Morgan fingerprint density at radius 1 is 1.26 bits per heavy atom. The summed E-state index contributed by atoms with van der Waals surface area (Å²) in [6, 6.07) is 8.98. The molecule has 0 aliphatic rings. The van der Waals surface area contributed by atoms with Gasteiger partial charge < -0.3 is 4.74 Å². The third kappa shape index (κ3) is 3.02. The normalized spacial score (nSPS) is 10.8. The van der Waals surface area contributed by atoms with E-state index in [-0.39, 0.29) is 11.9 Å². The molecular weight excluding hydrogens is 240 g/mol. The molecule has 0 unspecified atom stereocenters. The first kappa shape index (κ1) is 13.3. The van der Waals surface area contributed by atoms with Crippen molar-refractivity contribution in [2.24, 2.45) is 7.05 Å². The number of carbonyl (C=O) groups excluding carboxylic acids is 1. The highest BCUT2D eigenvalue weighted by Gasteiger charge is 2.14. The Hall–Kier alpha value is -2.10. The summed E-state index contributed by atoms with van der Waals surface area (Å²) < 4.78 is 7.16. The highest BCUT2D eigenvalue weighted by Crippen LogP contribution is 2.16. The molecular formula is C15H18N2O2. The molecule has 4 heteroatoms. The zero-order chi connectivity index (χ0) is 14.0. The zero-order valence-electron chi connectivity index (χ0n) is 11.7. The van der Waals surface area contributed by atoms with Crippen molar-refractivity contribution in [1.82, 2.24) is 9.78 Å². The van der Waals surface area contributed by atoms with Gasteiger partial charge in [0.05, 0.1) is 11.8 Å². The number of aromatic nitrogens is 2. The number of benzene rings is 1. The number of carbonyl (C=O) groups is 1. The number of aryl methyl sites for hydroxylation is 2. The summed E-state index contributed by atoms with van der Waals surface area (Å²) in [5.74, 6) is 0.743. The highest BCUT2D eigenvalue weighted by atomic mass is 16.5. The minimum atomic E-state index is -0.0285. The van der Waals surface area contributed by atoms with Crippen molar-refractivity contribution in [2.75, 3.05) is 0 Å². The fourth-order valence-corrected chi connectivity index (χ4v) is 1.93. The van der Waals surface area contributed by atoms with Crippen LogP contribution in [-0.2, 0) is 7.05 Å². The van der Waals surface area contributed by atoms with Gasteiger partial charge in [0.1, 0.15) is 11.4 Å². The lowest BCUT2D eigenvalue weighted by molar-refractivity contribution is 0.103. The molecule has 0 aliphatic carbocycles. The monoisotopic (exact) mass is 258 g/mol. The first-order chi connectivity index (χ1) is 8.97. The largest absolute Gasteiger partial charge is 0.491 e. The van der Waals surface area contributed by atoms with Crippen LogP contribution in [0.15, 0.2) is 30.3 Å². The highest BCUT2D eigenvalue weighted by molar-refractivity contribution is 6.07. The molecule has 4 nitrogen and oxygen atoms in total. The molecule has 0 fully saturated rings. The van der Waals surface area contributed by atoms with Gasteiger partial charge in [0.2, 0.25) is 5.78 Å². The third-order valence-corrected chi connectivity index (χ3v) is 2.72. The predicted octanol–water partition coefficient (Wildman–Crippen LogP) is 2.75. The summed E-state index contributed by atoms with van der Waals surface area (Å²) in [5, 5.41) is 4.19. The van der Waals surface area contributed by atoms with Crippen LogP contribution in [0.4, 0.5) is 0 Å². The summed E-state index contributed by atoms with van der Waals surface area (Å²) >= 11 is 0. The van der Waals surface area contributed by atoms with Gasteiger partial charge in [0, 0.05) is 12.6 Å². The van der Waals surface area contributed by atoms with Crippen LogP contribution < -0.4 is 4.74 Å². The smallest absolute Gasteiger partial charge is 0.211 e. The SMILES string of the molecule is Cc1cc(C(=O)c2ccc(OC(C)C)cc2)n(C)n1. The van der Waals surface area contributed by atoms with Crippen molar-refractivity contribution in [3.05, 3.63) is 47.3 Å². The molecule has 0 radical (unpaired) electrons. The molecule has 100 valence electrons. The topological polar surface area (TPSA) is 44.1 Å². The van der Waals surface area contributed by atoms with Gasteiger partial charge >= 0.3 is 0 Å². The Labute approximate surface area is 113 Å². The Bertz CT molecular complexity index is 583. The molecule has 0 saturated heterocycles. The second-order valence-corrected chi connectivity index (χ2v) is 4.81. The van der Waals surface area contributed by atoms with E-state index in [1.165, 1.54) is 0 Å². The number of nitrogens with zero attached hydrogens (tertiary/aromatic N) is 2. The van der Waals surface area contributed by atoms with Crippen LogP contribution in [0, 0.1) is 6.92 Å². The van der Waals surface area contributed by atoms with Crippen LogP contribution in [0.5, 0.6) is 5.75 Å². The molecule has 1 aromatic heterocycles. The number of hydrogen-bond acceptors (Lipinski definition) is 3. The summed E-state index contributed by atoms with van der Waals surface area (Å²) in [4.78, 5) is 12.3. The number of rotatable bonds is 4. The quantitative estimate of drug-likeness (QED) is 0.792. The summed E-state index contributed by atoms with van der Waals surface area (Å²) in [6.07, 6.45) is 0.126. The lowest BCUT2D eigenvalue weighted by Crippen LogP contribution is -2.09. The third-order valence-electron chi connectivity index (χ3n) is 2.72. The van der Waals surface area contributed by atoms with E-state index in [9.17, 15) is 4.79 Å². The van der Waals surface area contributed by atoms with Gasteiger partial charge in [-0.2, -0.15) is 5.10 Å². The van der Waals surface area contributed by atoms with Gasteiger partial charge in [0.15, 0.2) is 0 Å². The average molecular weight is 258 g/mol. The summed E-state index contributed by atoms with van der Waals surface area (Å²) in [6.45, 7) is 5.81. The Morgan fingerprint density at radius 3 is 2.37 bits per heavy atom. The van der Waals surface area contributed by atoms with Gasteiger partial charge in [-0.05, 0) is 51.1 Å². The van der Waals surface area contributed by atoms with Crippen LogP contribution in [0.3, 0.4) is 0 Å². The van der Waals surface area contributed by atoms with Crippen molar-refractivity contribution >= 4 is 5.78 Å². The minimum absolute atomic E-state index is 0.0285. The maximum absolute atomic E-state index is 12.3. The van der Waals surface area contributed by atoms with Crippen LogP contribution in [0.25, 0.3) is 0 Å². The first-order valence-corrected chi connectivity index (χ1v) is 6.29. The van der Waals surface area contributed by atoms with E-state index in [4.69, 9.17) is 4.74 Å². The van der Waals surface area contributed by atoms with Crippen molar-refractivity contribution < 1.29 is 9.53 Å². The molecule has 0 spiro atoms. The second kappa shape index (κ2) is 5.26. The average Bonchev–Trinajstić information content (AvgIpc) is 2.68. The Balaban J connectivity index is 2.22. The fourth-order valence-electron chi connectivity index (χ4n) is 1.93. The molecule has 0 amide bonds. The molecule has 0 bridgehead atoms. The standard InChI is InChI=1S/C15H18N2O2/c1-10(2)19-13-7-5-12(6-8-13)15(18)14-9-11(3)16-17(14)4/h5-10H,1-4H3. The molecule has 0 N–H and O–H groups in total. The van der Waals surface area contributed by atoms with Crippen LogP contribution >= 0.6 is 0 Å². The summed E-state index contributed by atoms with van der Waals surface area (Å²) in [7, 11) is 1.77. The molecule has 0 saturated carbocycles. The van der Waals surface area contributed by atoms with E-state index < -0.39 is 0 Å². The van der Waals surface area contributed by atoms with Crippen molar-refractivity contribution in [2.45, 2.75) is 26.9 Å². The van der Waals surface area contributed by atoms with E-state index in [1.54, 1.807) is 29.9 Å². The lowest BCUT2D eigenvalue weighted by atomic mass is 10.1. The van der Waals surface area contributed by atoms with Crippen LogP contribution in [0.1, 0.15) is 35.6 Å². The van der Waals surface area contributed by atoms with Crippen molar-refractivity contribution in [3.8, 4) is 5.75 Å². The lowest BCUT2D eigenvalue weighted by Gasteiger charge is -2.09. The number of ketones is 1. The fraction of sp³-hybridized carbons (Fsp3) is 0.333. The maximum Gasteiger partial charge on any atom is 0.211 e. The minimum Gasteiger partial charge on any atom is -0.491 e. The number of hydrogen-bond donors (Lipinski definition) is 0. The summed E-state index contributed by atoms with van der Waals surface area (Å²) in [5.41, 5.74) is 2.07. The zero-order valence-corrected chi connectivity index (χ0v) is 11.7. The van der Waals surface area contributed by atoms with E-state index in [0.717, 1.165) is 11.4 Å². The van der Waals surface area contributed by atoms with Gasteiger partial charge in [-0.3, -0.25) is 9.48 Å². The molecule has 2 aromatic rings. The van der Waals surface area contributed by atoms with Crippen molar-refractivity contribution in [1.29, 1.82) is 0 Å². The Kier molecular flexibility index (Phi) is 3.69. The molecule has 2 rings (SSSR count). The van der Waals surface area contributed by atoms with E-state index in [0.29, 0.717) is 11.3 Å². The molecule has 1 aromatic carbocycles.